The average Bonchev–Trinajstić information content (AvgIpc) is 3.08. The van der Waals surface area contributed by atoms with Crippen molar-refractivity contribution < 1.29 is 13.9 Å². The van der Waals surface area contributed by atoms with Crippen LogP contribution in [0, 0.1) is 5.82 Å². The van der Waals surface area contributed by atoms with Crippen molar-refractivity contribution >= 4 is 52.5 Å². The van der Waals surface area contributed by atoms with Gasteiger partial charge < -0.3 is 19.5 Å². The lowest BCUT2D eigenvalue weighted by molar-refractivity contribution is 0.0303. The van der Waals surface area contributed by atoms with Gasteiger partial charge in [-0.05, 0) is 18.2 Å². The van der Waals surface area contributed by atoms with Crippen molar-refractivity contribution in [2.45, 2.75) is 0 Å². The molecule has 0 spiro atoms. The normalized spacial score (nSPS) is 14.0. The first-order chi connectivity index (χ1) is 13.0. The van der Waals surface area contributed by atoms with Crippen molar-refractivity contribution in [2.24, 2.45) is 7.05 Å². The van der Waals surface area contributed by atoms with E-state index in [0.29, 0.717) is 54.4 Å². The summed E-state index contributed by atoms with van der Waals surface area (Å²) in [7, 11) is 1.82. The Hall–Kier alpha value is -2.42. The topological polar surface area (TPSA) is 72.3 Å². The second-order valence-electron chi connectivity index (χ2n) is 6.23. The molecule has 0 aliphatic carbocycles. The van der Waals surface area contributed by atoms with Gasteiger partial charge in [0.05, 0.1) is 35.6 Å². The van der Waals surface area contributed by atoms with Crippen molar-refractivity contribution in [1.82, 2.24) is 19.4 Å². The molecule has 1 aromatic carbocycles. The maximum atomic E-state index is 13.4. The molecule has 4 rings (SSSR count). The zero-order valence-electron chi connectivity index (χ0n) is 15.0. The quantitative estimate of drug-likeness (QED) is 0.695. The summed E-state index contributed by atoms with van der Waals surface area (Å²) < 4.78 is 20.5. The third-order valence-electron chi connectivity index (χ3n) is 4.45. The number of nitrogens with one attached hydrogen (secondary N) is 1. The van der Waals surface area contributed by atoms with Gasteiger partial charge in [-0.3, -0.25) is 4.79 Å². The van der Waals surface area contributed by atoms with Crippen LogP contribution in [-0.2, 0) is 11.8 Å². The Morgan fingerprint density at radius 1 is 1.29 bits per heavy atom. The Balaban J connectivity index is 0.00000225. The van der Waals surface area contributed by atoms with Gasteiger partial charge in [0.25, 0.3) is 5.91 Å². The molecule has 1 aliphatic heterocycles. The molecule has 0 bridgehead atoms. The highest BCUT2D eigenvalue weighted by Crippen LogP contribution is 2.28. The number of amides is 1. The second kappa shape index (κ2) is 8.30. The Bertz CT molecular complexity index is 1020. The van der Waals surface area contributed by atoms with Crippen LogP contribution >= 0.6 is 24.0 Å². The summed E-state index contributed by atoms with van der Waals surface area (Å²) in [6, 6.07) is 4.31. The zero-order chi connectivity index (χ0) is 19.0. The molecule has 0 atom stereocenters. The number of fused-ring (bicyclic) bond motifs is 1. The van der Waals surface area contributed by atoms with E-state index in [-0.39, 0.29) is 23.3 Å². The Morgan fingerprint density at radius 2 is 2.04 bits per heavy atom. The fraction of sp³-hybridized carbons (Fsp3) is 0.278. The first-order valence-electron chi connectivity index (χ1n) is 8.43. The highest BCUT2D eigenvalue weighted by atomic mass is 35.5. The molecular formula is C18H18Cl2FN5O2. The molecule has 3 heterocycles. The number of anilines is 2. The van der Waals surface area contributed by atoms with Gasteiger partial charge in [0.1, 0.15) is 11.3 Å². The summed E-state index contributed by atoms with van der Waals surface area (Å²) in [4.78, 5) is 23.4. The van der Waals surface area contributed by atoms with Crippen LogP contribution in [0.2, 0.25) is 5.02 Å². The lowest BCUT2D eigenvalue weighted by Crippen LogP contribution is -2.40. The van der Waals surface area contributed by atoms with E-state index in [1.165, 1.54) is 18.3 Å². The van der Waals surface area contributed by atoms with Crippen LogP contribution in [0.25, 0.3) is 11.0 Å². The van der Waals surface area contributed by atoms with Gasteiger partial charge in [0.2, 0.25) is 0 Å². The lowest BCUT2D eigenvalue weighted by atomic mass is 10.2. The molecule has 2 aromatic heterocycles. The van der Waals surface area contributed by atoms with Crippen molar-refractivity contribution in [3.05, 3.63) is 47.1 Å². The molecule has 0 radical (unpaired) electrons. The van der Waals surface area contributed by atoms with E-state index in [1.54, 1.807) is 21.9 Å². The first-order valence-corrected chi connectivity index (χ1v) is 8.81. The molecule has 10 heteroatoms. The van der Waals surface area contributed by atoms with Crippen LogP contribution in [0.3, 0.4) is 0 Å². The van der Waals surface area contributed by atoms with Crippen molar-refractivity contribution in [3.8, 4) is 0 Å². The largest absolute Gasteiger partial charge is 0.378 e. The fourth-order valence-electron chi connectivity index (χ4n) is 3.07. The van der Waals surface area contributed by atoms with Gasteiger partial charge in [-0.15, -0.1) is 12.4 Å². The molecule has 1 amide bonds. The predicted octanol–water partition coefficient (Wildman–Crippen LogP) is 3.40. The standard InChI is InChI=1S/C18H17ClFN5O2.ClH/c1-24-10-22-15-16(24)12(18(26)25-4-6-27-7-5-25)9-21-17(15)23-11-2-3-14(20)13(19)8-11;/h2-3,8-10H,4-7H2,1H3,(H,21,23);1H. The van der Waals surface area contributed by atoms with E-state index in [2.05, 4.69) is 15.3 Å². The summed E-state index contributed by atoms with van der Waals surface area (Å²) in [5.74, 6) is -0.132. The molecule has 0 unspecified atom stereocenters. The summed E-state index contributed by atoms with van der Waals surface area (Å²) in [6.07, 6.45) is 3.17. The fourth-order valence-corrected chi connectivity index (χ4v) is 3.25. The van der Waals surface area contributed by atoms with Crippen LogP contribution < -0.4 is 5.32 Å². The number of pyridine rings is 1. The van der Waals surface area contributed by atoms with Crippen LogP contribution in [-0.4, -0.2) is 51.6 Å². The van der Waals surface area contributed by atoms with Crippen molar-refractivity contribution in [1.29, 1.82) is 0 Å². The Labute approximate surface area is 171 Å². The van der Waals surface area contributed by atoms with Crippen LogP contribution in [0.15, 0.2) is 30.7 Å². The van der Waals surface area contributed by atoms with E-state index in [1.807, 2.05) is 7.05 Å². The second-order valence-corrected chi connectivity index (χ2v) is 6.64. The average molecular weight is 426 g/mol. The number of benzene rings is 1. The molecule has 1 N–H and O–H groups in total. The number of ether oxygens (including phenoxy) is 1. The number of carbonyl (C=O) groups is 1. The lowest BCUT2D eigenvalue weighted by Gasteiger charge is -2.27. The number of morpholine rings is 1. The number of aryl methyl sites for hydroxylation is 1. The number of rotatable bonds is 3. The molecule has 3 aromatic rings. The summed E-state index contributed by atoms with van der Waals surface area (Å²) in [5.41, 5.74) is 2.29. The van der Waals surface area contributed by atoms with Gasteiger partial charge in [-0.25, -0.2) is 14.4 Å². The number of carbonyl (C=O) groups excluding carboxylic acids is 1. The van der Waals surface area contributed by atoms with Crippen molar-refractivity contribution in [2.75, 3.05) is 31.6 Å². The predicted molar refractivity (Wildman–Crippen MR) is 107 cm³/mol. The van der Waals surface area contributed by atoms with E-state index in [9.17, 15) is 9.18 Å². The molecule has 1 aliphatic rings. The SMILES string of the molecule is Cl.Cn1cnc2c(Nc3ccc(F)c(Cl)c3)ncc(C(=O)N3CCOCC3)c21. The van der Waals surface area contributed by atoms with Crippen LogP contribution in [0.4, 0.5) is 15.9 Å². The van der Waals surface area contributed by atoms with E-state index < -0.39 is 5.82 Å². The number of hydrogen-bond donors (Lipinski definition) is 1. The maximum absolute atomic E-state index is 13.4. The number of aromatic nitrogens is 3. The van der Waals surface area contributed by atoms with Gasteiger partial charge >= 0.3 is 0 Å². The van der Waals surface area contributed by atoms with Crippen LogP contribution in [0.5, 0.6) is 0 Å². The van der Waals surface area contributed by atoms with Gasteiger partial charge in [-0.2, -0.15) is 0 Å². The minimum absolute atomic E-state index is 0. The Morgan fingerprint density at radius 3 is 2.75 bits per heavy atom. The Kier molecular flexibility index (Phi) is 6.02. The van der Waals surface area contributed by atoms with Gasteiger partial charge in [0, 0.05) is 32.0 Å². The molecule has 148 valence electrons. The molecule has 1 saturated heterocycles. The first kappa shape index (κ1) is 20.3. The highest BCUT2D eigenvalue weighted by Gasteiger charge is 2.24. The molecule has 1 fully saturated rings. The summed E-state index contributed by atoms with van der Waals surface area (Å²) >= 11 is 5.84. The number of nitrogens with zero attached hydrogens (tertiary/aromatic N) is 4. The third-order valence-corrected chi connectivity index (χ3v) is 4.74. The smallest absolute Gasteiger partial charge is 0.257 e. The summed E-state index contributed by atoms with van der Waals surface area (Å²) in [6.45, 7) is 2.15. The highest BCUT2D eigenvalue weighted by molar-refractivity contribution is 6.31. The monoisotopic (exact) mass is 425 g/mol. The molecular weight excluding hydrogens is 408 g/mol. The number of halogens is 3. The van der Waals surface area contributed by atoms with Crippen LogP contribution in [0.1, 0.15) is 10.4 Å². The molecule has 0 saturated carbocycles. The number of hydrogen-bond acceptors (Lipinski definition) is 5. The van der Waals surface area contributed by atoms with Gasteiger partial charge in [0.15, 0.2) is 5.82 Å². The minimum Gasteiger partial charge on any atom is -0.378 e. The maximum Gasteiger partial charge on any atom is 0.257 e. The third kappa shape index (κ3) is 3.76. The van der Waals surface area contributed by atoms with E-state index in [0.717, 1.165) is 0 Å². The van der Waals surface area contributed by atoms with Gasteiger partial charge in [-0.1, -0.05) is 11.6 Å². The number of imidazole rings is 1. The van der Waals surface area contributed by atoms with E-state index >= 15 is 0 Å². The molecule has 7 nitrogen and oxygen atoms in total. The molecule has 28 heavy (non-hydrogen) atoms. The summed E-state index contributed by atoms with van der Waals surface area (Å²) in [5, 5.41) is 3.10. The van der Waals surface area contributed by atoms with E-state index in [4.69, 9.17) is 16.3 Å². The van der Waals surface area contributed by atoms with Crippen molar-refractivity contribution in [3.63, 3.8) is 0 Å². The minimum atomic E-state index is -0.496. The zero-order valence-corrected chi connectivity index (χ0v) is 16.6.